The predicted octanol–water partition coefficient (Wildman–Crippen LogP) is 1.29. The van der Waals surface area contributed by atoms with Crippen LogP contribution in [0.5, 0.6) is 0 Å². The first-order valence-corrected chi connectivity index (χ1v) is 6.46. The molecule has 0 amide bonds. The van der Waals surface area contributed by atoms with Crippen molar-refractivity contribution in [3.05, 3.63) is 24.5 Å². The van der Waals surface area contributed by atoms with Crippen LogP contribution in [0.3, 0.4) is 0 Å². The molecule has 1 fully saturated rings. The molecule has 18 heavy (non-hydrogen) atoms. The van der Waals surface area contributed by atoms with Crippen LogP contribution in [0.2, 0.25) is 0 Å². The summed E-state index contributed by atoms with van der Waals surface area (Å²) in [6.07, 6.45) is 6.01. The Hall–Kier alpha value is -1.62. The molecule has 1 aliphatic rings. The highest BCUT2D eigenvalue weighted by atomic mass is 15.3. The Morgan fingerprint density at radius 3 is 2.83 bits per heavy atom. The summed E-state index contributed by atoms with van der Waals surface area (Å²) in [5.41, 5.74) is 7.04. The average Bonchev–Trinajstić information content (AvgIpc) is 2.87. The standard InChI is InChI=1S/C13H19N5/c1-13(10-14)4-8-17(9-5-13)11-3-7-18-12(16-11)2-6-15-18/h2-3,6-7H,4-5,8-10,14H2,1H3. The van der Waals surface area contributed by atoms with Gasteiger partial charge in [-0.3, -0.25) is 0 Å². The van der Waals surface area contributed by atoms with Crippen molar-refractivity contribution in [2.75, 3.05) is 24.5 Å². The Labute approximate surface area is 107 Å². The first-order chi connectivity index (χ1) is 8.70. The van der Waals surface area contributed by atoms with Crippen molar-refractivity contribution in [3.8, 4) is 0 Å². The molecule has 3 heterocycles. The first-order valence-electron chi connectivity index (χ1n) is 6.46. The molecule has 1 saturated heterocycles. The molecule has 96 valence electrons. The highest BCUT2D eigenvalue weighted by Gasteiger charge is 2.29. The number of hydrogen-bond donors (Lipinski definition) is 1. The van der Waals surface area contributed by atoms with E-state index >= 15 is 0 Å². The lowest BCUT2D eigenvalue weighted by Crippen LogP contribution is -2.42. The Morgan fingerprint density at radius 1 is 1.33 bits per heavy atom. The van der Waals surface area contributed by atoms with E-state index in [-0.39, 0.29) is 0 Å². The van der Waals surface area contributed by atoms with E-state index in [1.807, 2.05) is 18.3 Å². The molecule has 0 unspecified atom stereocenters. The molecule has 0 radical (unpaired) electrons. The Kier molecular flexibility index (Phi) is 2.70. The molecule has 5 nitrogen and oxygen atoms in total. The van der Waals surface area contributed by atoms with Gasteiger partial charge in [-0.25, -0.2) is 9.50 Å². The Bertz CT molecular complexity index is 539. The number of nitrogens with two attached hydrogens (primary N) is 1. The van der Waals surface area contributed by atoms with Crippen LogP contribution in [0.1, 0.15) is 19.8 Å². The van der Waals surface area contributed by atoms with Crippen molar-refractivity contribution in [1.82, 2.24) is 14.6 Å². The number of anilines is 1. The zero-order valence-electron chi connectivity index (χ0n) is 10.7. The van der Waals surface area contributed by atoms with E-state index in [0.29, 0.717) is 5.41 Å². The van der Waals surface area contributed by atoms with E-state index in [1.54, 1.807) is 10.7 Å². The molecule has 0 spiro atoms. The van der Waals surface area contributed by atoms with Crippen LogP contribution in [0.25, 0.3) is 5.65 Å². The van der Waals surface area contributed by atoms with Crippen molar-refractivity contribution in [2.24, 2.45) is 11.1 Å². The van der Waals surface area contributed by atoms with Gasteiger partial charge in [0.15, 0.2) is 5.65 Å². The highest BCUT2D eigenvalue weighted by Crippen LogP contribution is 2.31. The molecule has 5 heteroatoms. The van der Waals surface area contributed by atoms with Gasteiger partial charge in [0, 0.05) is 25.4 Å². The van der Waals surface area contributed by atoms with E-state index in [1.165, 1.54) is 0 Å². The maximum absolute atomic E-state index is 5.84. The molecule has 2 N–H and O–H groups in total. The number of fused-ring (bicyclic) bond motifs is 1. The third kappa shape index (κ3) is 1.95. The number of piperidine rings is 1. The number of hydrogen-bond acceptors (Lipinski definition) is 4. The van der Waals surface area contributed by atoms with Gasteiger partial charge in [-0.05, 0) is 30.9 Å². The van der Waals surface area contributed by atoms with Gasteiger partial charge in [0.25, 0.3) is 0 Å². The summed E-state index contributed by atoms with van der Waals surface area (Å²) in [6, 6.07) is 3.96. The summed E-state index contributed by atoms with van der Waals surface area (Å²) >= 11 is 0. The van der Waals surface area contributed by atoms with Gasteiger partial charge < -0.3 is 10.6 Å². The molecular formula is C13H19N5. The molecule has 0 atom stereocenters. The normalized spacial score (nSPS) is 19.3. The maximum Gasteiger partial charge on any atom is 0.157 e. The largest absolute Gasteiger partial charge is 0.356 e. The molecule has 0 aromatic carbocycles. The van der Waals surface area contributed by atoms with Crippen molar-refractivity contribution in [3.63, 3.8) is 0 Å². The molecule has 0 bridgehead atoms. The van der Waals surface area contributed by atoms with Gasteiger partial charge >= 0.3 is 0 Å². The van der Waals surface area contributed by atoms with Gasteiger partial charge in [0.1, 0.15) is 5.82 Å². The molecule has 0 aliphatic carbocycles. The van der Waals surface area contributed by atoms with Gasteiger partial charge in [0.2, 0.25) is 0 Å². The second-order valence-electron chi connectivity index (χ2n) is 5.42. The van der Waals surface area contributed by atoms with Crippen LogP contribution in [0.4, 0.5) is 5.82 Å². The number of aromatic nitrogens is 3. The Morgan fingerprint density at radius 2 is 2.11 bits per heavy atom. The summed E-state index contributed by atoms with van der Waals surface area (Å²) in [5, 5.41) is 4.16. The first kappa shape index (κ1) is 11.5. The third-order valence-corrected chi connectivity index (χ3v) is 4.03. The van der Waals surface area contributed by atoms with Gasteiger partial charge in [0.05, 0.1) is 6.20 Å². The van der Waals surface area contributed by atoms with Crippen LogP contribution in [0, 0.1) is 5.41 Å². The quantitative estimate of drug-likeness (QED) is 0.866. The number of rotatable bonds is 2. The van der Waals surface area contributed by atoms with Crippen molar-refractivity contribution >= 4 is 11.5 Å². The molecule has 0 saturated carbocycles. The molecular weight excluding hydrogens is 226 g/mol. The maximum atomic E-state index is 5.84. The van der Waals surface area contributed by atoms with E-state index in [9.17, 15) is 0 Å². The topological polar surface area (TPSA) is 59.5 Å². The third-order valence-electron chi connectivity index (χ3n) is 4.03. The van der Waals surface area contributed by atoms with Crippen LogP contribution in [-0.2, 0) is 0 Å². The van der Waals surface area contributed by atoms with Gasteiger partial charge in [-0.15, -0.1) is 0 Å². The second-order valence-corrected chi connectivity index (χ2v) is 5.42. The lowest BCUT2D eigenvalue weighted by Gasteiger charge is -2.39. The van der Waals surface area contributed by atoms with Crippen molar-refractivity contribution in [1.29, 1.82) is 0 Å². The fourth-order valence-corrected chi connectivity index (χ4v) is 2.46. The lowest BCUT2D eigenvalue weighted by molar-refractivity contribution is 0.258. The summed E-state index contributed by atoms with van der Waals surface area (Å²) in [6.45, 7) is 5.11. The average molecular weight is 245 g/mol. The zero-order chi connectivity index (χ0) is 12.6. The fourth-order valence-electron chi connectivity index (χ4n) is 2.46. The molecule has 3 rings (SSSR count). The second kappa shape index (κ2) is 4.24. The van der Waals surface area contributed by atoms with E-state index in [2.05, 4.69) is 21.9 Å². The summed E-state index contributed by atoms with van der Waals surface area (Å²) in [7, 11) is 0. The van der Waals surface area contributed by atoms with Crippen LogP contribution >= 0.6 is 0 Å². The van der Waals surface area contributed by atoms with Crippen LogP contribution < -0.4 is 10.6 Å². The van der Waals surface area contributed by atoms with Crippen LogP contribution in [-0.4, -0.2) is 34.2 Å². The van der Waals surface area contributed by atoms with Gasteiger partial charge in [-0.2, -0.15) is 5.10 Å². The lowest BCUT2D eigenvalue weighted by atomic mass is 9.80. The van der Waals surface area contributed by atoms with Crippen molar-refractivity contribution in [2.45, 2.75) is 19.8 Å². The predicted molar refractivity (Wildman–Crippen MR) is 71.6 cm³/mol. The van der Waals surface area contributed by atoms with Crippen molar-refractivity contribution < 1.29 is 0 Å². The smallest absolute Gasteiger partial charge is 0.157 e. The van der Waals surface area contributed by atoms with Crippen LogP contribution in [0.15, 0.2) is 24.5 Å². The molecule has 2 aromatic rings. The minimum Gasteiger partial charge on any atom is -0.356 e. The highest BCUT2D eigenvalue weighted by molar-refractivity contribution is 5.47. The SMILES string of the molecule is CC1(CN)CCN(c2ccn3nccc3n2)CC1. The minimum atomic E-state index is 0.303. The van der Waals surface area contributed by atoms with Gasteiger partial charge in [-0.1, -0.05) is 6.92 Å². The van der Waals surface area contributed by atoms with E-state index < -0.39 is 0 Å². The molecule has 2 aromatic heterocycles. The zero-order valence-corrected chi connectivity index (χ0v) is 10.7. The summed E-state index contributed by atoms with van der Waals surface area (Å²) < 4.78 is 1.79. The minimum absolute atomic E-state index is 0.303. The molecule has 1 aliphatic heterocycles. The summed E-state index contributed by atoms with van der Waals surface area (Å²) in [4.78, 5) is 6.97. The van der Waals surface area contributed by atoms with E-state index in [0.717, 1.165) is 43.9 Å². The Balaban J connectivity index is 1.79. The monoisotopic (exact) mass is 245 g/mol. The summed E-state index contributed by atoms with van der Waals surface area (Å²) in [5.74, 6) is 1.04. The number of nitrogens with zero attached hydrogens (tertiary/aromatic N) is 4. The van der Waals surface area contributed by atoms with E-state index in [4.69, 9.17) is 5.73 Å². The fraction of sp³-hybridized carbons (Fsp3) is 0.538.